The van der Waals surface area contributed by atoms with E-state index >= 15 is 0 Å². The molecule has 0 aliphatic rings. The Morgan fingerprint density at radius 1 is 1.00 bits per heavy atom. The minimum absolute atomic E-state index is 0.306. The first-order valence-corrected chi connectivity index (χ1v) is 7.39. The van der Waals surface area contributed by atoms with E-state index in [1.54, 1.807) is 43.3 Å². The number of aliphatic hydroxyl groups is 1. The van der Waals surface area contributed by atoms with Crippen LogP contribution in [0.5, 0.6) is 17.2 Å². The largest absolute Gasteiger partial charge is 0.493 e. The lowest BCUT2D eigenvalue weighted by molar-refractivity contribution is 0.102. The van der Waals surface area contributed by atoms with Crippen molar-refractivity contribution in [2.45, 2.75) is 13.0 Å². The molecule has 0 fully saturated rings. The van der Waals surface area contributed by atoms with Crippen molar-refractivity contribution in [3.8, 4) is 17.2 Å². The fourth-order valence-corrected chi connectivity index (χ4v) is 2.26. The SMILES string of the molecule is COc1cc(C(=O)Nc2ccc(C(C)O)cc2)cc(OC)c1OC. The van der Waals surface area contributed by atoms with Crippen molar-refractivity contribution < 1.29 is 24.1 Å². The molecule has 0 bridgehead atoms. The summed E-state index contributed by atoms with van der Waals surface area (Å²) in [6, 6.07) is 10.2. The van der Waals surface area contributed by atoms with Crippen LogP contribution in [0.1, 0.15) is 28.9 Å². The highest BCUT2D eigenvalue weighted by molar-refractivity contribution is 6.05. The number of hydrogen-bond acceptors (Lipinski definition) is 5. The van der Waals surface area contributed by atoms with Crippen LogP contribution in [0, 0.1) is 0 Å². The van der Waals surface area contributed by atoms with E-state index in [9.17, 15) is 9.90 Å². The van der Waals surface area contributed by atoms with Gasteiger partial charge in [-0.15, -0.1) is 0 Å². The molecule has 1 unspecified atom stereocenters. The summed E-state index contributed by atoms with van der Waals surface area (Å²) in [6.07, 6.45) is -0.551. The number of nitrogens with one attached hydrogen (secondary N) is 1. The highest BCUT2D eigenvalue weighted by Crippen LogP contribution is 2.38. The lowest BCUT2D eigenvalue weighted by atomic mass is 10.1. The summed E-state index contributed by atoms with van der Waals surface area (Å²) in [5, 5.41) is 12.3. The van der Waals surface area contributed by atoms with Crippen molar-refractivity contribution in [2.24, 2.45) is 0 Å². The van der Waals surface area contributed by atoms with Gasteiger partial charge >= 0.3 is 0 Å². The number of carbonyl (C=O) groups excluding carboxylic acids is 1. The number of methoxy groups -OCH3 is 3. The molecule has 128 valence electrons. The number of hydrogen-bond donors (Lipinski definition) is 2. The Kier molecular flexibility index (Phi) is 5.65. The third-order valence-corrected chi connectivity index (χ3v) is 3.58. The Bertz CT molecular complexity index is 685. The van der Waals surface area contributed by atoms with Gasteiger partial charge in [0.2, 0.25) is 5.75 Å². The van der Waals surface area contributed by atoms with Gasteiger partial charge in [0.1, 0.15) is 0 Å². The Labute approximate surface area is 141 Å². The molecule has 6 nitrogen and oxygen atoms in total. The summed E-state index contributed by atoms with van der Waals surface area (Å²) in [6.45, 7) is 1.68. The van der Waals surface area contributed by atoms with Crippen LogP contribution in [0.15, 0.2) is 36.4 Å². The van der Waals surface area contributed by atoms with Crippen molar-refractivity contribution >= 4 is 11.6 Å². The molecular formula is C18H21NO5. The molecule has 2 N–H and O–H groups in total. The van der Waals surface area contributed by atoms with Crippen molar-refractivity contribution in [3.05, 3.63) is 47.5 Å². The van der Waals surface area contributed by atoms with Gasteiger partial charge < -0.3 is 24.6 Å². The molecule has 0 saturated heterocycles. The number of ether oxygens (including phenoxy) is 3. The van der Waals surface area contributed by atoms with Gasteiger partial charge in [-0.3, -0.25) is 4.79 Å². The summed E-state index contributed by atoms with van der Waals surface area (Å²) in [4.78, 5) is 12.5. The lowest BCUT2D eigenvalue weighted by Gasteiger charge is -2.14. The topological polar surface area (TPSA) is 77.0 Å². The van der Waals surface area contributed by atoms with Crippen molar-refractivity contribution in [1.82, 2.24) is 0 Å². The maximum atomic E-state index is 12.5. The van der Waals surface area contributed by atoms with Gasteiger partial charge in [0.05, 0.1) is 27.4 Å². The molecule has 6 heteroatoms. The standard InChI is InChI=1S/C18H21NO5/c1-11(20)12-5-7-14(8-6-12)19-18(21)13-9-15(22-2)17(24-4)16(10-13)23-3/h5-11,20H,1-4H3,(H,19,21). The zero-order valence-corrected chi connectivity index (χ0v) is 14.1. The Morgan fingerprint density at radius 2 is 1.54 bits per heavy atom. The van der Waals surface area contributed by atoms with E-state index < -0.39 is 6.10 Å². The second-order valence-corrected chi connectivity index (χ2v) is 5.17. The summed E-state index contributed by atoms with van der Waals surface area (Å²) in [5.41, 5.74) is 1.78. The molecule has 0 aliphatic carbocycles. The van der Waals surface area contributed by atoms with E-state index in [-0.39, 0.29) is 5.91 Å². The molecule has 0 spiro atoms. The van der Waals surface area contributed by atoms with E-state index in [4.69, 9.17) is 14.2 Å². The zero-order valence-electron chi connectivity index (χ0n) is 14.1. The number of rotatable bonds is 6. The highest BCUT2D eigenvalue weighted by Gasteiger charge is 2.17. The molecule has 0 radical (unpaired) electrons. The van der Waals surface area contributed by atoms with Gasteiger partial charge in [-0.2, -0.15) is 0 Å². The van der Waals surface area contributed by atoms with E-state index in [0.29, 0.717) is 28.5 Å². The summed E-state index contributed by atoms with van der Waals surface area (Å²) in [7, 11) is 4.49. The molecule has 0 heterocycles. The lowest BCUT2D eigenvalue weighted by Crippen LogP contribution is -2.12. The normalized spacial score (nSPS) is 11.5. The summed E-state index contributed by atoms with van der Waals surface area (Å²) < 4.78 is 15.7. The summed E-state index contributed by atoms with van der Waals surface area (Å²) in [5.74, 6) is 0.940. The molecular weight excluding hydrogens is 310 g/mol. The van der Waals surface area contributed by atoms with Gasteiger partial charge in [-0.1, -0.05) is 12.1 Å². The number of carbonyl (C=O) groups is 1. The van der Waals surface area contributed by atoms with Gasteiger partial charge in [-0.05, 0) is 36.8 Å². The predicted molar refractivity (Wildman–Crippen MR) is 91.1 cm³/mol. The molecule has 1 amide bonds. The first-order valence-electron chi connectivity index (χ1n) is 7.39. The second-order valence-electron chi connectivity index (χ2n) is 5.17. The molecule has 24 heavy (non-hydrogen) atoms. The minimum Gasteiger partial charge on any atom is -0.493 e. The van der Waals surface area contributed by atoms with E-state index in [1.807, 2.05) is 0 Å². The van der Waals surface area contributed by atoms with Crippen LogP contribution < -0.4 is 19.5 Å². The van der Waals surface area contributed by atoms with Crippen LogP contribution in [0.4, 0.5) is 5.69 Å². The van der Waals surface area contributed by atoms with Gasteiger partial charge in [-0.25, -0.2) is 0 Å². The molecule has 0 aromatic heterocycles. The third kappa shape index (κ3) is 3.78. The minimum atomic E-state index is -0.551. The Balaban J connectivity index is 2.26. The van der Waals surface area contributed by atoms with Crippen LogP contribution in [0.3, 0.4) is 0 Å². The van der Waals surface area contributed by atoms with Crippen molar-refractivity contribution in [3.63, 3.8) is 0 Å². The average molecular weight is 331 g/mol. The molecule has 0 saturated carbocycles. The fraction of sp³-hybridized carbons (Fsp3) is 0.278. The highest BCUT2D eigenvalue weighted by atomic mass is 16.5. The molecule has 2 rings (SSSR count). The number of anilines is 1. The van der Waals surface area contributed by atoms with Gasteiger partial charge in [0, 0.05) is 11.3 Å². The Morgan fingerprint density at radius 3 is 1.96 bits per heavy atom. The van der Waals surface area contributed by atoms with Crippen molar-refractivity contribution in [2.75, 3.05) is 26.6 Å². The maximum Gasteiger partial charge on any atom is 0.255 e. The fourth-order valence-electron chi connectivity index (χ4n) is 2.26. The van der Waals surface area contributed by atoms with Crippen LogP contribution in [-0.2, 0) is 0 Å². The van der Waals surface area contributed by atoms with E-state index in [0.717, 1.165) is 5.56 Å². The number of aliphatic hydroxyl groups excluding tert-OH is 1. The van der Waals surface area contributed by atoms with E-state index in [2.05, 4.69) is 5.32 Å². The molecule has 2 aromatic rings. The molecule has 1 atom stereocenters. The first-order chi connectivity index (χ1) is 11.5. The molecule has 2 aromatic carbocycles. The summed E-state index contributed by atoms with van der Waals surface area (Å²) >= 11 is 0. The zero-order chi connectivity index (χ0) is 17.7. The van der Waals surface area contributed by atoms with Crippen LogP contribution >= 0.6 is 0 Å². The third-order valence-electron chi connectivity index (χ3n) is 3.58. The van der Waals surface area contributed by atoms with Crippen LogP contribution in [-0.4, -0.2) is 32.3 Å². The van der Waals surface area contributed by atoms with Crippen LogP contribution in [0.2, 0.25) is 0 Å². The Hall–Kier alpha value is -2.73. The van der Waals surface area contributed by atoms with E-state index in [1.165, 1.54) is 21.3 Å². The number of benzene rings is 2. The van der Waals surface area contributed by atoms with Crippen molar-refractivity contribution in [1.29, 1.82) is 0 Å². The first kappa shape index (κ1) is 17.6. The monoisotopic (exact) mass is 331 g/mol. The smallest absolute Gasteiger partial charge is 0.255 e. The quantitative estimate of drug-likeness (QED) is 0.851. The maximum absolute atomic E-state index is 12.5. The second kappa shape index (κ2) is 7.70. The van der Waals surface area contributed by atoms with Crippen LogP contribution in [0.25, 0.3) is 0 Å². The van der Waals surface area contributed by atoms with Gasteiger partial charge in [0.15, 0.2) is 11.5 Å². The predicted octanol–water partition coefficient (Wildman–Crippen LogP) is 3.02. The van der Waals surface area contributed by atoms with Gasteiger partial charge in [0.25, 0.3) is 5.91 Å². The number of amides is 1. The molecule has 0 aliphatic heterocycles. The average Bonchev–Trinajstić information content (AvgIpc) is 2.60.